The highest BCUT2D eigenvalue weighted by Gasteiger charge is 2.22. The van der Waals surface area contributed by atoms with Gasteiger partial charge in [-0.25, -0.2) is 0 Å². The molecule has 0 aromatic rings. The van der Waals surface area contributed by atoms with Gasteiger partial charge in [-0.3, -0.25) is 9.80 Å². The molecule has 2 unspecified atom stereocenters. The molecular formula is C12H27N3. The molecule has 0 aromatic carbocycles. The number of hydrogen-bond donors (Lipinski definition) is 1. The van der Waals surface area contributed by atoms with Crippen LogP contribution in [0.3, 0.4) is 0 Å². The lowest BCUT2D eigenvalue weighted by molar-refractivity contribution is 0.0779. The van der Waals surface area contributed by atoms with E-state index in [1.54, 1.807) is 0 Å². The van der Waals surface area contributed by atoms with Crippen LogP contribution in [-0.2, 0) is 0 Å². The zero-order valence-corrected chi connectivity index (χ0v) is 10.6. The maximum Gasteiger partial charge on any atom is 0.0191 e. The Kier molecular flexibility index (Phi) is 5.58. The molecule has 3 nitrogen and oxygen atoms in total. The molecule has 15 heavy (non-hydrogen) atoms. The Hall–Kier alpha value is -0.120. The molecule has 0 aromatic heterocycles. The van der Waals surface area contributed by atoms with Gasteiger partial charge in [-0.15, -0.1) is 0 Å². The largest absolute Gasteiger partial charge is 0.329 e. The van der Waals surface area contributed by atoms with Crippen LogP contribution in [-0.4, -0.2) is 54.6 Å². The highest BCUT2D eigenvalue weighted by atomic mass is 15.3. The van der Waals surface area contributed by atoms with E-state index in [0.29, 0.717) is 6.04 Å². The molecule has 2 N–H and O–H groups in total. The first-order chi connectivity index (χ1) is 7.19. The highest BCUT2D eigenvalue weighted by molar-refractivity contribution is 4.79. The first kappa shape index (κ1) is 12.9. The molecule has 1 aliphatic heterocycles. The second-order valence-electron chi connectivity index (χ2n) is 4.79. The Balaban J connectivity index is 2.29. The lowest BCUT2D eigenvalue weighted by Gasteiger charge is -2.40. The normalized spacial score (nSPS) is 24.0. The summed E-state index contributed by atoms with van der Waals surface area (Å²) < 4.78 is 0. The Morgan fingerprint density at radius 1 is 1.00 bits per heavy atom. The lowest BCUT2D eigenvalue weighted by Crippen LogP contribution is -2.53. The van der Waals surface area contributed by atoms with Crippen molar-refractivity contribution < 1.29 is 0 Å². The van der Waals surface area contributed by atoms with Crippen LogP contribution in [0.15, 0.2) is 0 Å². The van der Waals surface area contributed by atoms with Crippen molar-refractivity contribution in [3.63, 3.8) is 0 Å². The summed E-state index contributed by atoms with van der Waals surface area (Å²) in [5.74, 6) is 0. The van der Waals surface area contributed by atoms with Gasteiger partial charge in [0.1, 0.15) is 0 Å². The zero-order chi connectivity index (χ0) is 11.3. The molecule has 2 atom stereocenters. The topological polar surface area (TPSA) is 32.5 Å². The number of rotatable bonds is 5. The van der Waals surface area contributed by atoms with Gasteiger partial charge in [0.25, 0.3) is 0 Å². The van der Waals surface area contributed by atoms with Crippen LogP contribution in [0.1, 0.15) is 33.6 Å². The van der Waals surface area contributed by atoms with Crippen molar-refractivity contribution in [3.8, 4) is 0 Å². The Bertz CT molecular complexity index is 164. The Morgan fingerprint density at radius 2 is 1.47 bits per heavy atom. The first-order valence-electron chi connectivity index (χ1n) is 6.37. The molecule has 1 fully saturated rings. The third-order valence-electron chi connectivity index (χ3n) is 3.64. The molecular weight excluding hydrogens is 186 g/mol. The number of nitrogens with two attached hydrogens (primary N) is 1. The SMILES string of the molecule is CCCC(C)N1CCN(C(C)CN)CC1. The predicted octanol–water partition coefficient (Wildman–Crippen LogP) is 1.14. The smallest absolute Gasteiger partial charge is 0.0191 e. The summed E-state index contributed by atoms with van der Waals surface area (Å²) in [6.07, 6.45) is 2.62. The van der Waals surface area contributed by atoms with Gasteiger partial charge in [-0.2, -0.15) is 0 Å². The number of nitrogens with zero attached hydrogens (tertiary/aromatic N) is 2. The standard InChI is InChI=1S/C12H27N3/c1-4-5-11(2)14-6-8-15(9-7-14)12(3)10-13/h11-12H,4-10,13H2,1-3H3. The fraction of sp³-hybridized carbons (Fsp3) is 1.00. The summed E-state index contributed by atoms with van der Waals surface area (Å²) in [5.41, 5.74) is 5.69. The summed E-state index contributed by atoms with van der Waals surface area (Å²) in [5, 5.41) is 0. The van der Waals surface area contributed by atoms with E-state index in [2.05, 4.69) is 30.6 Å². The zero-order valence-electron chi connectivity index (χ0n) is 10.6. The molecule has 90 valence electrons. The molecule has 1 heterocycles. The van der Waals surface area contributed by atoms with E-state index in [1.165, 1.54) is 39.0 Å². The van der Waals surface area contributed by atoms with Crippen molar-refractivity contribution in [2.24, 2.45) is 5.73 Å². The van der Waals surface area contributed by atoms with Crippen molar-refractivity contribution in [1.29, 1.82) is 0 Å². The van der Waals surface area contributed by atoms with Crippen molar-refractivity contribution >= 4 is 0 Å². The van der Waals surface area contributed by atoms with Gasteiger partial charge < -0.3 is 5.73 Å². The van der Waals surface area contributed by atoms with E-state index in [4.69, 9.17) is 5.73 Å². The Labute approximate surface area is 94.6 Å². The maximum absolute atomic E-state index is 5.69. The first-order valence-corrected chi connectivity index (χ1v) is 6.37. The van der Waals surface area contributed by atoms with E-state index < -0.39 is 0 Å². The summed E-state index contributed by atoms with van der Waals surface area (Å²) in [7, 11) is 0. The van der Waals surface area contributed by atoms with Gasteiger partial charge >= 0.3 is 0 Å². The average molecular weight is 213 g/mol. The predicted molar refractivity (Wildman–Crippen MR) is 66.0 cm³/mol. The fourth-order valence-corrected chi connectivity index (χ4v) is 2.37. The summed E-state index contributed by atoms with van der Waals surface area (Å²) in [4.78, 5) is 5.12. The molecule has 1 saturated heterocycles. The fourth-order valence-electron chi connectivity index (χ4n) is 2.37. The minimum absolute atomic E-state index is 0.550. The van der Waals surface area contributed by atoms with Gasteiger partial charge in [0.15, 0.2) is 0 Å². The molecule has 0 bridgehead atoms. The van der Waals surface area contributed by atoms with E-state index in [0.717, 1.165) is 12.6 Å². The highest BCUT2D eigenvalue weighted by Crippen LogP contribution is 2.11. The number of hydrogen-bond acceptors (Lipinski definition) is 3. The Morgan fingerprint density at radius 3 is 1.87 bits per heavy atom. The van der Waals surface area contributed by atoms with Gasteiger partial charge in [0.2, 0.25) is 0 Å². The van der Waals surface area contributed by atoms with Gasteiger partial charge in [-0.05, 0) is 20.3 Å². The quantitative estimate of drug-likeness (QED) is 0.743. The number of piperazine rings is 1. The van der Waals surface area contributed by atoms with Gasteiger partial charge in [0, 0.05) is 44.8 Å². The molecule has 0 aliphatic carbocycles. The van der Waals surface area contributed by atoms with Crippen LogP contribution >= 0.6 is 0 Å². The molecule has 1 aliphatic rings. The monoisotopic (exact) mass is 213 g/mol. The van der Waals surface area contributed by atoms with Crippen LogP contribution in [0, 0.1) is 0 Å². The van der Waals surface area contributed by atoms with Crippen LogP contribution in [0.5, 0.6) is 0 Å². The van der Waals surface area contributed by atoms with Crippen LogP contribution < -0.4 is 5.73 Å². The second kappa shape index (κ2) is 6.46. The van der Waals surface area contributed by atoms with Crippen molar-refractivity contribution in [1.82, 2.24) is 9.80 Å². The molecule has 1 rings (SSSR count). The van der Waals surface area contributed by atoms with Gasteiger partial charge in [0.05, 0.1) is 0 Å². The second-order valence-corrected chi connectivity index (χ2v) is 4.79. The van der Waals surface area contributed by atoms with Crippen LogP contribution in [0.2, 0.25) is 0 Å². The van der Waals surface area contributed by atoms with E-state index in [-0.39, 0.29) is 0 Å². The van der Waals surface area contributed by atoms with Crippen molar-refractivity contribution in [2.45, 2.75) is 45.7 Å². The van der Waals surface area contributed by atoms with Crippen molar-refractivity contribution in [3.05, 3.63) is 0 Å². The molecule has 0 radical (unpaired) electrons. The maximum atomic E-state index is 5.69. The van der Waals surface area contributed by atoms with E-state index >= 15 is 0 Å². The van der Waals surface area contributed by atoms with Crippen LogP contribution in [0.25, 0.3) is 0 Å². The van der Waals surface area contributed by atoms with Crippen molar-refractivity contribution in [2.75, 3.05) is 32.7 Å². The summed E-state index contributed by atoms with van der Waals surface area (Å²) >= 11 is 0. The van der Waals surface area contributed by atoms with E-state index in [9.17, 15) is 0 Å². The minimum atomic E-state index is 0.550. The van der Waals surface area contributed by atoms with Gasteiger partial charge in [-0.1, -0.05) is 13.3 Å². The lowest BCUT2D eigenvalue weighted by atomic mass is 10.1. The molecule has 0 amide bonds. The van der Waals surface area contributed by atoms with E-state index in [1.807, 2.05) is 0 Å². The third kappa shape index (κ3) is 3.74. The minimum Gasteiger partial charge on any atom is -0.329 e. The third-order valence-corrected chi connectivity index (χ3v) is 3.64. The summed E-state index contributed by atoms with van der Waals surface area (Å²) in [6.45, 7) is 12.4. The summed E-state index contributed by atoms with van der Waals surface area (Å²) in [6, 6.07) is 1.30. The molecule has 0 spiro atoms. The molecule has 3 heteroatoms. The average Bonchev–Trinajstić information content (AvgIpc) is 2.28. The molecule has 0 saturated carbocycles. The van der Waals surface area contributed by atoms with Crippen LogP contribution in [0.4, 0.5) is 0 Å².